The van der Waals surface area contributed by atoms with E-state index in [1.54, 1.807) is 31.2 Å². The summed E-state index contributed by atoms with van der Waals surface area (Å²) in [7, 11) is -3.83. The van der Waals surface area contributed by atoms with Crippen LogP contribution < -0.4 is 4.72 Å². The lowest BCUT2D eigenvalue weighted by molar-refractivity contribution is 0.0698. The normalized spacial score (nSPS) is 11.1. The Morgan fingerprint density at radius 2 is 1.86 bits per heavy atom. The number of aromatic carboxylic acids is 1. The lowest BCUT2D eigenvalue weighted by atomic mass is 10.2. The molecule has 0 radical (unpaired) electrons. The molecular formula is C14H12INO4S. The molecule has 0 saturated carbocycles. The van der Waals surface area contributed by atoms with E-state index in [2.05, 4.69) is 4.72 Å². The molecule has 0 aromatic heterocycles. The molecule has 0 atom stereocenters. The van der Waals surface area contributed by atoms with Gasteiger partial charge in [-0.1, -0.05) is 18.2 Å². The molecule has 0 aliphatic heterocycles. The monoisotopic (exact) mass is 417 g/mol. The molecule has 0 amide bonds. The van der Waals surface area contributed by atoms with Gasteiger partial charge in [0.15, 0.2) is 0 Å². The average molecular weight is 417 g/mol. The van der Waals surface area contributed by atoms with Crippen molar-refractivity contribution in [1.29, 1.82) is 0 Å². The van der Waals surface area contributed by atoms with E-state index in [1.165, 1.54) is 18.2 Å². The maximum absolute atomic E-state index is 12.4. The zero-order valence-electron chi connectivity index (χ0n) is 11.0. The van der Waals surface area contributed by atoms with Crippen LogP contribution in [0, 0.1) is 10.5 Å². The third-order valence-corrected chi connectivity index (χ3v) is 5.04. The number of hydrogen-bond donors (Lipinski definition) is 2. The summed E-state index contributed by atoms with van der Waals surface area (Å²) in [5, 5.41) is 9.17. The fourth-order valence-electron chi connectivity index (χ4n) is 1.84. The summed E-state index contributed by atoms with van der Waals surface area (Å²) >= 11 is 1.97. The number of carboxylic acids is 1. The molecular weight excluding hydrogens is 405 g/mol. The molecule has 0 aliphatic rings. The third kappa shape index (κ3) is 3.53. The van der Waals surface area contributed by atoms with E-state index in [0.717, 1.165) is 0 Å². The van der Waals surface area contributed by atoms with Crippen molar-refractivity contribution in [2.45, 2.75) is 11.8 Å². The molecule has 110 valence electrons. The van der Waals surface area contributed by atoms with Gasteiger partial charge in [0.25, 0.3) is 10.0 Å². The zero-order valence-corrected chi connectivity index (χ0v) is 14.0. The van der Waals surface area contributed by atoms with Gasteiger partial charge in [-0.3, -0.25) is 4.72 Å². The number of benzene rings is 2. The van der Waals surface area contributed by atoms with Crippen molar-refractivity contribution in [1.82, 2.24) is 0 Å². The van der Waals surface area contributed by atoms with Gasteiger partial charge in [-0.05, 0) is 59.3 Å². The van der Waals surface area contributed by atoms with Crippen molar-refractivity contribution < 1.29 is 18.3 Å². The quantitative estimate of drug-likeness (QED) is 0.750. The topological polar surface area (TPSA) is 83.5 Å². The van der Waals surface area contributed by atoms with Crippen LogP contribution in [-0.2, 0) is 10.0 Å². The minimum Gasteiger partial charge on any atom is -0.478 e. The highest BCUT2D eigenvalue weighted by Gasteiger charge is 2.20. The molecule has 0 unspecified atom stereocenters. The first-order chi connectivity index (χ1) is 9.81. The smallest absolute Gasteiger partial charge is 0.337 e. The summed E-state index contributed by atoms with van der Waals surface area (Å²) in [6.45, 7) is 1.68. The van der Waals surface area contributed by atoms with Gasteiger partial charge >= 0.3 is 5.97 Å². The summed E-state index contributed by atoms with van der Waals surface area (Å²) in [6, 6.07) is 11.0. The van der Waals surface area contributed by atoms with Crippen LogP contribution >= 0.6 is 22.6 Å². The van der Waals surface area contributed by atoms with Crippen molar-refractivity contribution in [2.24, 2.45) is 0 Å². The van der Waals surface area contributed by atoms with Crippen molar-refractivity contribution in [3.63, 3.8) is 0 Å². The molecule has 0 heterocycles. The SMILES string of the molecule is Cc1ccccc1S(=O)(=O)Nc1ccc(I)cc1C(=O)O. The Morgan fingerprint density at radius 1 is 1.19 bits per heavy atom. The standard InChI is InChI=1S/C14H12INO4S/c1-9-4-2-3-5-13(9)21(19,20)16-12-7-6-10(15)8-11(12)14(17)18/h2-8,16H,1H3,(H,17,18). The maximum atomic E-state index is 12.4. The molecule has 0 fully saturated rings. The van der Waals surface area contributed by atoms with Gasteiger partial charge in [0.05, 0.1) is 16.1 Å². The zero-order chi connectivity index (χ0) is 15.6. The van der Waals surface area contributed by atoms with Gasteiger partial charge in [0.2, 0.25) is 0 Å². The number of anilines is 1. The van der Waals surface area contributed by atoms with E-state index in [0.29, 0.717) is 9.13 Å². The average Bonchev–Trinajstić information content (AvgIpc) is 2.40. The van der Waals surface area contributed by atoms with Gasteiger partial charge in [-0.25, -0.2) is 13.2 Å². The second-order valence-electron chi connectivity index (χ2n) is 4.37. The Balaban J connectivity index is 2.47. The molecule has 2 aromatic carbocycles. The first kappa shape index (κ1) is 15.8. The van der Waals surface area contributed by atoms with Gasteiger partial charge in [-0.15, -0.1) is 0 Å². The minimum absolute atomic E-state index is 0.0474. The Labute approximate surface area is 136 Å². The van der Waals surface area contributed by atoms with Crippen molar-refractivity contribution in [3.8, 4) is 0 Å². The van der Waals surface area contributed by atoms with Crippen molar-refractivity contribution >= 4 is 44.3 Å². The third-order valence-electron chi connectivity index (χ3n) is 2.84. The van der Waals surface area contributed by atoms with Crippen LogP contribution in [0.15, 0.2) is 47.4 Å². The molecule has 0 saturated heterocycles. The molecule has 5 nitrogen and oxygen atoms in total. The van der Waals surface area contributed by atoms with Gasteiger partial charge in [0.1, 0.15) is 0 Å². The van der Waals surface area contributed by atoms with E-state index in [-0.39, 0.29) is 16.1 Å². The lowest BCUT2D eigenvalue weighted by Crippen LogP contribution is -2.16. The summed E-state index contributed by atoms with van der Waals surface area (Å²) in [5.41, 5.74) is 0.553. The van der Waals surface area contributed by atoms with E-state index >= 15 is 0 Å². The summed E-state index contributed by atoms with van der Waals surface area (Å²) < 4.78 is 27.8. The number of halogens is 1. The highest BCUT2D eigenvalue weighted by molar-refractivity contribution is 14.1. The molecule has 7 heteroatoms. The number of rotatable bonds is 4. The number of carbonyl (C=O) groups is 1. The predicted octanol–water partition coefficient (Wildman–Crippen LogP) is 3.10. The fourth-order valence-corrected chi connectivity index (χ4v) is 3.66. The molecule has 0 aliphatic carbocycles. The number of carboxylic acid groups (broad SMARTS) is 1. The van der Waals surface area contributed by atoms with Crippen LogP contribution in [0.25, 0.3) is 0 Å². The second kappa shape index (κ2) is 6.02. The Kier molecular flexibility index (Phi) is 4.52. The largest absolute Gasteiger partial charge is 0.478 e. The van der Waals surface area contributed by atoms with E-state index < -0.39 is 16.0 Å². The number of hydrogen-bond acceptors (Lipinski definition) is 3. The molecule has 2 N–H and O–H groups in total. The van der Waals surface area contributed by atoms with Gasteiger partial charge in [0, 0.05) is 3.57 Å². The van der Waals surface area contributed by atoms with Gasteiger partial charge < -0.3 is 5.11 Å². The van der Waals surface area contributed by atoms with Crippen LogP contribution in [0.1, 0.15) is 15.9 Å². The number of sulfonamides is 1. The molecule has 2 aromatic rings. The molecule has 0 spiro atoms. The van der Waals surface area contributed by atoms with Crippen molar-refractivity contribution in [3.05, 3.63) is 57.2 Å². The van der Waals surface area contributed by atoms with E-state index in [4.69, 9.17) is 0 Å². The molecule has 2 rings (SSSR count). The van der Waals surface area contributed by atoms with Crippen LogP contribution in [0.4, 0.5) is 5.69 Å². The summed E-state index contributed by atoms with van der Waals surface area (Å²) in [5.74, 6) is -1.18. The minimum atomic E-state index is -3.83. The Hall–Kier alpha value is -1.61. The van der Waals surface area contributed by atoms with Crippen LogP contribution in [0.5, 0.6) is 0 Å². The number of aryl methyl sites for hydroxylation is 1. The van der Waals surface area contributed by atoms with Crippen molar-refractivity contribution in [2.75, 3.05) is 4.72 Å². The lowest BCUT2D eigenvalue weighted by Gasteiger charge is -2.12. The maximum Gasteiger partial charge on any atom is 0.337 e. The van der Waals surface area contributed by atoms with Crippen LogP contribution in [-0.4, -0.2) is 19.5 Å². The molecule has 0 bridgehead atoms. The molecule has 21 heavy (non-hydrogen) atoms. The Morgan fingerprint density at radius 3 is 2.48 bits per heavy atom. The van der Waals surface area contributed by atoms with Crippen LogP contribution in [0.3, 0.4) is 0 Å². The van der Waals surface area contributed by atoms with Crippen LogP contribution in [0.2, 0.25) is 0 Å². The highest BCUT2D eigenvalue weighted by atomic mass is 127. The summed E-state index contributed by atoms with van der Waals surface area (Å²) in [4.78, 5) is 11.4. The fraction of sp³-hybridized carbons (Fsp3) is 0.0714. The predicted molar refractivity (Wildman–Crippen MR) is 88.1 cm³/mol. The summed E-state index contributed by atoms with van der Waals surface area (Å²) in [6.07, 6.45) is 0. The Bertz CT molecular complexity index is 802. The second-order valence-corrected chi connectivity index (χ2v) is 7.26. The van der Waals surface area contributed by atoms with Gasteiger partial charge in [-0.2, -0.15) is 0 Å². The van der Waals surface area contributed by atoms with E-state index in [1.807, 2.05) is 22.6 Å². The highest BCUT2D eigenvalue weighted by Crippen LogP contribution is 2.23. The first-order valence-electron chi connectivity index (χ1n) is 5.92. The number of nitrogens with one attached hydrogen (secondary N) is 1. The van der Waals surface area contributed by atoms with E-state index in [9.17, 15) is 18.3 Å². The first-order valence-corrected chi connectivity index (χ1v) is 8.49.